The van der Waals surface area contributed by atoms with E-state index in [1.165, 1.54) is 12.4 Å². The van der Waals surface area contributed by atoms with Crippen LogP contribution in [0.1, 0.15) is 25.1 Å². The molecule has 0 amide bonds. The van der Waals surface area contributed by atoms with Crippen LogP contribution in [0.4, 0.5) is 17.3 Å². The summed E-state index contributed by atoms with van der Waals surface area (Å²) in [7, 11) is 1.77. The molecule has 0 spiro atoms. The van der Waals surface area contributed by atoms with Gasteiger partial charge in [-0.1, -0.05) is 11.8 Å². The van der Waals surface area contributed by atoms with Gasteiger partial charge in [0.05, 0.1) is 23.6 Å². The average Bonchev–Trinajstić information content (AvgIpc) is 2.53. The second-order valence-electron chi connectivity index (χ2n) is 5.20. The van der Waals surface area contributed by atoms with Crippen molar-refractivity contribution in [2.24, 2.45) is 0 Å². The van der Waals surface area contributed by atoms with Gasteiger partial charge in [0.25, 0.3) is 0 Å². The van der Waals surface area contributed by atoms with Gasteiger partial charge in [-0.25, -0.2) is 15.0 Å². The smallest absolute Gasteiger partial charge is 0.158 e. The second kappa shape index (κ2) is 6.73. The molecular weight excluding hydrogens is 292 g/mol. The predicted octanol–water partition coefficient (Wildman–Crippen LogP) is 1.65. The molecule has 0 aromatic carbocycles. The van der Waals surface area contributed by atoms with Gasteiger partial charge >= 0.3 is 0 Å². The van der Waals surface area contributed by atoms with Crippen molar-refractivity contribution >= 4 is 17.3 Å². The van der Waals surface area contributed by atoms with E-state index in [0.717, 1.165) is 5.69 Å². The topological polar surface area (TPSA) is 107 Å². The predicted molar refractivity (Wildman–Crippen MR) is 87.0 cm³/mol. The number of aliphatic hydroxyl groups is 1. The molecule has 2 heterocycles. The zero-order valence-corrected chi connectivity index (χ0v) is 13.0. The van der Waals surface area contributed by atoms with E-state index in [-0.39, 0.29) is 5.69 Å². The molecule has 0 atom stereocenters. The van der Waals surface area contributed by atoms with Gasteiger partial charge < -0.3 is 15.7 Å². The highest BCUT2D eigenvalue weighted by Gasteiger charge is 2.08. The molecule has 0 aliphatic heterocycles. The molecule has 0 bridgehead atoms. The van der Waals surface area contributed by atoms with Crippen LogP contribution < -0.4 is 10.6 Å². The molecule has 0 aliphatic carbocycles. The van der Waals surface area contributed by atoms with Crippen molar-refractivity contribution in [3.63, 3.8) is 0 Å². The van der Waals surface area contributed by atoms with Gasteiger partial charge in [-0.3, -0.25) is 0 Å². The van der Waals surface area contributed by atoms with Crippen molar-refractivity contribution in [3.05, 3.63) is 35.9 Å². The van der Waals surface area contributed by atoms with Crippen molar-refractivity contribution in [3.8, 4) is 17.9 Å². The fourth-order valence-corrected chi connectivity index (χ4v) is 1.63. The Bertz CT molecular complexity index is 791. The van der Waals surface area contributed by atoms with E-state index in [2.05, 4.69) is 37.4 Å². The minimum atomic E-state index is -1.07. The van der Waals surface area contributed by atoms with Gasteiger partial charge in [0.15, 0.2) is 5.69 Å². The molecule has 3 N–H and O–H groups in total. The first-order valence-corrected chi connectivity index (χ1v) is 6.84. The van der Waals surface area contributed by atoms with E-state index < -0.39 is 5.60 Å². The maximum atomic E-state index is 9.67. The number of nitriles is 1. The van der Waals surface area contributed by atoms with Crippen molar-refractivity contribution in [1.82, 2.24) is 15.0 Å². The van der Waals surface area contributed by atoms with Crippen LogP contribution in [0, 0.1) is 23.2 Å². The number of aromatic nitrogens is 3. The van der Waals surface area contributed by atoms with Crippen LogP contribution in [-0.2, 0) is 0 Å². The molecule has 2 aromatic heterocycles. The van der Waals surface area contributed by atoms with Crippen LogP contribution in [0.2, 0.25) is 0 Å². The largest absolute Gasteiger partial charge is 0.387 e. The van der Waals surface area contributed by atoms with Gasteiger partial charge in [-0.15, -0.1) is 0 Å². The normalized spacial score (nSPS) is 10.2. The highest BCUT2D eigenvalue weighted by atomic mass is 16.3. The van der Waals surface area contributed by atoms with Gasteiger partial charge in [-0.2, -0.15) is 5.26 Å². The Balaban J connectivity index is 2.24. The summed E-state index contributed by atoms with van der Waals surface area (Å²) < 4.78 is 0. The third kappa shape index (κ3) is 4.67. The Morgan fingerprint density at radius 2 is 1.87 bits per heavy atom. The quantitative estimate of drug-likeness (QED) is 0.740. The summed E-state index contributed by atoms with van der Waals surface area (Å²) in [5.41, 5.74) is 0.614. The summed E-state index contributed by atoms with van der Waals surface area (Å²) >= 11 is 0. The van der Waals surface area contributed by atoms with E-state index in [1.807, 2.05) is 6.07 Å². The molecule has 2 rings (SSSR count). The monoisotopic (exact) mass is 308 g/mol. The Morgan fingerprint density at radius 3 is 2.43 bits per heavy atom. The van der Waals surface area contributed by atoms with Crippen LogP contribution in [0.15, 0.2) is 24.7 Å². The standard InChI is InChI=1S/C16H16N6O/c1-16(2,23)5-4-11-8-20-14(6-13(11)18-3)22-15-10-19-12(7-17)9-21-15/h6,8-10,23H,1-3H3,(H2,18,20,21,22). The first-order valence-electron chi connectivity index (χ1n) is 6.84. The van der Waals surface area contributed by atoms with Gasteiger partial charge in [0.2, 0.25) is 0 Å². The van der Waals surface area contributed by atoms with Crippen molar-refractivity contribution in [2.45, 2.75) is 19.4 Å². The van der Waals surface area contributed by atoms with E-state index in [4.69, 9.17) is 5.26 Å². The number of hydrogen-bond donors (Lipinski definition) is 3. The molecule has 116 valence electrons. The number of hydrogen-bond acceptors (Lipinski definition) is 7. The summed E-state index contributed by atoms with van der Waals surface area (Å²) in [5.74, 6) is 6.68. The summed E-state index contributed by atoms with van der Waals surface area (Å²) in [6.07, 6.45) is 4.44. The summed E-state index contributed by atoms with van der Waals surface area (Å²) in [6.45, 7) is 3.23. The Kier molecular flexibility index (Phi) is 4.75. The molecule has 7 heteroatoms. The summed E-state index contributed by atoms with van der Waals surface area (Å²) in [5, 5.41) is 24.4. The van der Waals surface area contributed by atoms with Crippen LogP contribution in [-0.4, -0.2) is 32.7 Å². The molecule has 0 saturated carbocycles. The SMILES string of the molecule is CNc1cc(Nc2cnc(C#N)cn2)ncc1C#CC(C)(C)O. The number of pyridine rings is 1. The third-order valence-corrected chi connectivity index (χ3v) is 2.70. The van der Waals surface area contributed by atoms with Crippen molar-refractivity contribution in [1.29, 1.82) is 5.26 Å². The molecule has 0 unspecified atom stereocenters. The van der Waals surface area contributed by atoms with E-state index >= 15 is 0 Å². The summed E-state index contributed by atoms with van der Waals surface area (Å²) in [6, 6.07) is 3.68. The Hall–Kier alpha value is -3.16. The second-order valence-corrected chi connectivity index (χ2v) is 5.20. The molecular formula is C16H16N6O. The molecule has 0 radical (unpaired) electrons. The minimum Gasteiger partial charge on any atom is -0.387 e. The first kappa shape index (κ1) is 16.2. The van der Waals surface area contributed by atoms with Crippen LogP contribution in [0.3, 0.4) is 0 Å². The Morgan fingerprint density at radius 1 is 1.13 bits per heavy atom. The molecule has 23 heavy (non-hydrogen) atoms. The van der Waals surface area contributed by atoms with E-state index in [1.54, 1.807) is 33.2 Å². The van der Waals surface area contributed by atoms with Crippen LogP contribution >= 0.6 is 0 Å². The zero-order chi connectivity index (χ0) is 16.9. The minimum absolute atomic E-state index is 0.247. The first-order chi connectivity index (χ1) is 10.9. The van der Waals surface area contributed by atoms with Gasteiger partial charge in [0.1, 0.15) is 23.3 Å². The molecule has 0 saturated heterocycles. The highest BCUT2D eigenvalue weighted by Crippen LogP contribution is 2.19. The van der Waals surface area contributed by atoms with E-state index in [9.17, 15) is 5.11 Å². The number of nitrogens with one attached hydrogen (secondary N) is 2. The third-order valence-electron chi connectivity index (χ3n) is 2.70. The Labute approximate surface area is 134 Å². The fourth-order valence-electron chi connectivity index (χ4n) is 1.63. The van der Waals surface area contributed by atoms with Crippen LogP contribution in [0.5, 0.6) is 0 Å². The number of rotatable bonds is 3. The van der Waals surface area contributed by atoms with Gasteiger partial charge in [-0.05, 0) is 13.8 Å². The molecule has 2 aromatic rings. The lowest BCUT2D eigenvalue weighted by Gasteiger charge is -2.09. The lowest BCUT2D eigenvalue weighted by molar-refractivity contribution is 0.143. The van der Waals surface area contributed by atoms with Crippen LogP contribution in [0.25, 0.3) is 0 Å². The molecule has 7 nitrogen and oxygen atoms in total. The zero-order valence-electron chi connectivity index (χ0n) is 13.0. The average molecular weight is 308 g/mol. The molecule has 0 fully saturated rings. The number of anilines is 3. The fraction of sp³-hybridized carbons (Fsp3) is 0.250. The summed E-state index contributed by atoms with van der Waals surface area (Å²) in [4.78, 5) is 12.3. The lowest BCUT2D eigenvalue weighted by Crippen LogP contribution is -2.14. The van der Waals surface area contributed by atoms with Crippen molar-refractivity contribution < 1.29 is 5.11 Å². The molecule has 0 aliphatic rings. The highest BCUT2D eigenvalue weighted by molar-refractivity contribution is 5.65. The number of nitrogens with zero attached hydrogens (tertiary/aromatic N) is 4. The van der Waals surface area contributed by atoms with Gasteiger partial charge in [0, 0.05) is 19.3 Å². The van der Waals surface area contributed by atoms with Crippen molar-refractivity contribution in [2.75, 3.05) is 17.7 Å². The van der Waals surface area contributed by atoms with E-state index in [0.29, 0.717) is 17.2 Å². The maximum absolute atomic E-state index is 9.67. The maximum Gasteiger partial charge on any atom is 0.158 e. The lowest BCUT2D eigenvalue weighted by atomic mass is 10.1.